The van der Waals surface area contributed by atoms with Crippen molar-refractivity contribution in [2.24, 2.45) is 0 Å². The Balaban J connectivity index is 2.55. The van der Waals surface area contributed by atoms with Gasteiger partial charge in [0.15, 0.2) is 0 Å². The van der Waals surface area contributed by atoms with E-state index in [1.165, 1.54) is 18.3 Å². The van der Waals surface area contributed by atoms with Crippen molar-refractivity contribution >= 4 is 39.1 Å². The number of aromatic amines is 1. The first-order valence-electron chi connectivity index (χ1n) is 6.27. The number of hydrogen-bond acceptors (Lipinski definition) is 2. The Hall–Kier alpha value is -2.54. The van der Waals surface area contributed by atoms with E-state index in [1.54, 1.807) is 0 Å². The first-order valence-corrected chi connectivity index (χ1v) is 6.65. The van der Waals surface area contributed by atoms with Crippen molar-refractivity contribution in [3.63, 3.8) is 0 Å². The van der Waals surface area contributed by atoms with E-state index in [4.69, 9.17) is 11.6 Å². The Labute approximate surface area is 131 Å². The maximum atomic E-state index is 13.0. The Morgan fingerprint density at radius 2 is 1.78 bits per heavy atom. The van der Waals surface area contributed by atoms with E-state index in [2.05, 4.69) is 4.98 Å². The first-order chi connectivity index (χ1) is 10.7. The van der Waals surface area contributed by atoms with Crippen LogP contribution in [0.4, 0.5) is 13.2 Å². The normalized spacial score (nSPS) is 12.0. The van der Waals surface area contributed by atoms with E-state index in [0.29, 0.717) is 16.8 Å². The van der Waals surface area contributed by atoms with Crippen molar-refractivity contribution in [2.45, 2.75) is 6.18 Å². The van der Waals surface area contributed by atoms with Crippen LogP contribution in [-0.2, 0) is 6.18 Å². The molecule has 0 radical (unpaired) electrons. The Morgan fingerprint density at radius 1 is 1.09 bits per heavy atom. The SMILES string of the molecule is O=C(O)c1cc2cc(=O)[nH]cc2c2cc(Cl)c(C(F)(F)F)cc12. The monoisotopic (exact) mass is 341 g/mol. The molecular formula is C15H7ClF3NO3. The van der Waals surface area contributed by atoms with Crippen LogP contribution in [-0.4, -0.2) is 16.1 Å². The molecule has 0 fully saturated rings. The third kappa shape index (κ3) is 2.53. The van der Waals surface area contributed by atoms with Crippen LogP contribution in [0.25, 0.3) is 21.5 Å². The number of H-pyrrole nitrogens is 1. The van der Waals surface area contributed by atoms with Gasteiger partial charge >= 0.3 is 12.1 Å². The lowest BCUT2D eigenvalue weighted by Gasteiger charge is -2.13. The van der Waals surface area contributed by atoms with E-state index in [0.717, 1.165) is 6.07 Å². The van der Waals surface area contributed by atoms with Gasteiger partial charge in [-0.15, -0.1) is 0 Å². The van der Waals surface area contributed by atoms with Crippen molar-refractivity contribution in [1.82, 2.24) is 4.98 Å². The van der Waals surface area contributed by atoms with Crippen molar-refractivity contribution < 1.29 is 23.1 Å². The highest BCUT2D eigenvalue weighted by Crippen LogP contribution is 2.39. The molecule has 0 amide bonds. The predicted octanol–water partition coefficient (Wildman–Crippen LogP) is 4.05. The second-order valence-electron chi connectivity index (χ2n) is 4.90. The molecule has 0 aliphatic carbocycles. The van der Waals surface area contributed by atoms with Gasteiger partial charge in [-0.2, -0.15) is 13.2 Å². The van der Waals surface area contributed by atoms with E-state index >= 15 is 0 Å². The summed E-state index contributed by atoms with van der Waals surface area (Å²) in [5.74, 6) is -1.40. The van der Waals surface area contributed by atoms with Gasteiger partial charge in [0.05, 0.1) is 16.1 Å². The fourth-order valence-corrected chi connectivity index (χ4v) is 2.76. The smallest absolute Gasteiger partial charge is 0.417 e. The molecule has 2 N–H and O–H groups in total. The topological polar surface area (TPSA) is 70.2 Å². The van der Waals surface area contributed by atoms with Crippen LogP contribution in [0.1, 0.15) is 15.9 Å². The second kappa shape index (κ2) is 4.99. The summed E-state index contributed by atoms with van der Waals surface area (Å²) < 4.78 is 39.0. The minimum Gasteiger partial charge on any atom is -0.478 e. The van der Waals surface area contributed by atoms with Crippen molar-refractivity contribution in [2.75, 3.05) is 0 Å². The maximum Gasteiger partial charge on any atom is 0.417 e. The number of carboxylic acids is 1. The molecule has 0 aliphatic rings. The zero-order chi connectivity index (χ0) is 16.9. The fourth-order valence-electron chi connectivity index (χ4n) is 2.49. The van der Waals surface area contributed by atoms with E-state index in [1.807, 2.05) is 0 Å². The number of halogens is 4. The van der Waals surface area contributed by atoms with Gasteiger partial charge in [-0.1, -0.05) is 11.6 Å². The third-order valence-corrected chi connectivity index (χ3v) is 3.79. The predicted molar refractivity (Wildman–Crippen MR) is 79.0 cm³/mol. The molecule has 1 aromatic heterocycles. The number of rotatable bonds is 1. The lowest BCUT2D eigenvalue weighted by atomic mass is 9.96. The molecule has 3 rings (SSSR count). The van der Waals surface area contributed by atoms with Crippen LogP contribution >= 0.6 is 11.6 Å². The molecule has 3 aromatic rings. The van der Waals surface area contributed by atoms with Crippen LogP contribution in [0.3, 0.4) is 0 Å². The molecule has 0 atom stereocenters. The Kier molecular flexibility index (Phi) is 3.33. The summed E-state index contributed by atoms with van der Waals surface area (Å²) in [6.07, 6.45) is -3.39. The Bertz CT molecular complexity index is 1020. The maximum absolute atomic E-state index is 13.0. The summed E-state index contributed by atoms with van der Waals surface area (Å²) in [6, 6.07) is 4.12. The third-order valence-electron chi connectivity index (χ3n) is 3.48. The molecule has 0 saturated heterocycles. The summed E-state index contributed by atoms with van der Waals surface area (Å²) in [5, 5.41) is 9.55. The minimum atomic E-state index is -4.71. The zero-order valence-corrected chi connectivity index (χ0v) is 11.9. The van der Waals surface area contributed by atoms with Crippen LogP contribution in [0.15, 0.2) is 35.3 Å². The van der Waals surface area contributed by atoms with Gasteiger partial charge in [-0.3, -0.25) is 4.79 Å². The molecular weight excluding hydrogens is 335 g/mol. The molecule has 0 aliphatic heterocycles. The van der Waals surface area contributed by atoms with E-state index in [-0.39, 0.29) is 16.3 Å². The number of carboxylic acid groups (broad SMARTS) is 1. The molecule has 0 spiro atoms. The average Bonchev–Trinajstić information content (AvgIpc) is 2.43. The highest BCUT2D eigenvalue weighted by atomic mass is 35.5. The van der Waals surface area contributed by atoms with Crippen molar-refractivity contribution in [1.29, 1.82) is 0 Å². The molecule has 8 heteroatoms. The zero-order valence-electron chi connectivity index (χ0n) is 11.2. The summed E-state index contributed by atoms with van der Waals surface area (Å²) >= 11 is 5.71. The lowest BCUT2D eigenvalue weighted by Crippen LogP contribution is -2.08. The van der Waals surface area contributed by atoms with Crippen molar-refractivity contribution in [3.05, 3.63) is 57.0 Å². The van der Waals surface area contributed by atoms with Gasteiger partial charge in [0.25, 0.3) is 0 Å². The largest absolute Gasteiger partial charge is 0.478 e. The van der Waals surface area contributed by atoms with Crippen LogP contribution in [0.5, 0.6) is 0 Å². The minimum absolute atomic E-state index is 0.103. The van der Waals surface area contributed by atoms with Gasteiger partial charge in [-0.05, 0) is 34.4 Å². The second-order valence-corrected chi connectivity index (χ2v) is 5.31. The molecule has 118 valence electrons. The summed E-state index contributed by atoms with van der Waals surface area (Å²) in [5.41, 5.74) is -1.90. The highest BCUT2D eigenvalue weighted by molar-refractivity contribution is 6.33. The number of pyridine rings is 1. The molecule has 1 heterocycles. The molecule has 0 unspecified atom stereocenters. The van der Waals surface area contributed by atoms with E-state index in [9.17, 15) is 27.9 Å². The summed E-state index contributed by atoms with van der Waals surface area (Å²) in [4.78, 5) is 25.2. The molecule has 23 heavy (non-hydrogen) atoms. The molecule has 2 aromatic carbocycles. The molecule has 0 saturated carbocycles. The number of alkyl halides is 3. The standard InChI is InChI=1S/C15H7ClF3NO3/c16-12-4-8-7(3-11(12)15(17,18)19)9(14(22)23)1-6-2-13(21)20-5-10(6)8/h1-5H,(H,20,21)(H,22,23). The number of fused-ring (bicyclic) bond motifs is 3. The van der Waals surface area contributed by atoms with Gasteiger partial charge < -0.3 is 10.1 Å². The Morgan fingerprint density at radius 3 is 2.39 bits per heavy atom. The number of aromatic nitrogens is 1. The van der Waals surface area contributed by atoms with Crippen LogP contribution in [0.2, 0.25) is 5.02 Å². The first kappa shape index (κ1) is 15.4. The fraction of sp³-hybridized carbons (Fsp3) is 0.0667. The summed E-state index contributed by atoms with van der Waals surface area (Å²) in [6.45, 7) is 0. The molecule has 0 bridgehead atoms. The quantitative estimate of drug-likeness (QED) is 0.656. The lowest BCUT2D eigenvalue weighted by molar-refractivity contribution is -0.137. The van der Waals surface area contributed by atoms with Gasteiger partial charge in [0, 0.05) is 17.6 Å². The number of benzene rings is 2. The number of hydrogen-bond donors (Lipinski definition) is 2. The van der Waals surface area contributed by atoms with Crippen LogP contribution in [0, 0.1) is 0 Å². The highest BCUT2D eigenvalue weighted by Gasteiger charge is 2.34. The van der Waals surface area contributed by atoms with Crippen molar-refractivity contribution in [3.8, 4) is 0 Å². The number of aromatic carboxylic acids is 1. The van der Waals surface area contributed by atoms with Crippen LogP contribution < -0.4 is 5.56 Å². The van der Waals surface area contributed by atoms with Gasteiger partial charge in [-0.25, -0.2) is 4.79 Å². The number of nitrogens with one attached hydrogen (secondary N) is 1. The molecule has 4 nitrogen and oxygen atoms in total. The average molecular weight is 342 g/mol. The summed E-state index contributed by atoms with van der Waals surface area (Å²) in [7, 11) is 0. The van der Waals surface area contributed by atoms with Gasteiger partial charge in [0.2, 0.25) is 5.56 Å². The number of carbonyl (C=O) groups is 1. The van der Waals surface area contributed by atoms with Gasteiger partial charge in [0.1, 0.15) is 0 Å². The van der Waals surface area contributed by atoms with E-state index < -0.39 is 28.3 Å².